The van der Waals surface area contributed by atoms with Crippen molar-refractivity contribution in [3.05, 3.63) is 92.5 Å². The zero-order valence-corrected chi connectivity index (χ0v) is 18.7. The molecular weight excluding hydrogens is 467 g/mol. The molecule has 0 heterocycles. The van der Waals surface area contributed by atoms with Crippen molar-refractivity contribution in [1.82, 2.24) is 0 Å². The Morgan fingerprint density at radius 2 is 1.52 bits per heavy atom. The van der Waals surface area contributed by atoms with E-state index >= 15 is 0 Å². The first-order valence-electron chi connectivity index (χ1n) is 9.76. The van der Waals surface area contributed by atoms with Crippen LogP contribution in [0.5, 0.6) is 0 Å². The van der Waals surface area contributed by atoms with Crippen LogP contribution in [0.25, 0.3) is 0 Å². The molecule has 0 aromatic heterocycles. The van der Waals surface area contributed by atoms with Crippen LogP contribution in [0, 0.1) is 0 Å². The van der Waals surface area contributed by atoms with Crippen LogP contribution in [-0.2, 0) is 9.53 Å². The van der Waals surface area contributed by atoms with E-state index in [0.29, 0.717) is 11.1 Å². The number of nitrogens with two attached hydrogens (primary N) is 1. The van der Waals surface area contributed by atoms with Crippen LogP contribution in [0.2, 0.25) is 10.0 Å². The summed E-state index contributed by atoms with van der Waals surface area (Å²) in [7, 11) is 0. The largest absolute Gasteiger partial charge is 0.449 e. The average molecular weight is 483 g/mol. The first kappa shape index (κ1) is 22.5. The predicted molar refractivity (Wildman–Crippen MR) is 124 cm³/mol. The van der Waals surface area contributed by atoms with E-state index < -0.39 is 18.0 Å². The average Bonchev–Trinajstić information content (AvgIpc) is 2.79. The number of hydrogen-bond acceptors (Lipinski definition) is 6. The van der Waals surface area contributed by atoms with Crippen molar-refractivity contribution in [3.8, 4) is 0 Å². The molecule has 7 nitrogen and oxygen atoms in total. The van der Waals surface area contributed by atoms with E-state index in [1.165, 1.54) is 37.3 Å². The Morgan fingerprint density at radius 3 is 2.18 bits per heavy atom. The second kappa shape index (κ2) is 8.69. The van der Waals surface area contributed by atoms with Gasteiger partial charge in [0.2, 0.25) is 0 Å². The number of benzene rings is 3. The maximum atomic E-state index is 12.8. The Kier molecular flexibility index (Phi) is 5.93. The van der Waals surface area contributed by atoms with Crippen molar-refractivity contribution in [2.45, 2.75) is 13.0 Å². The van der Waals surface area contributed by atoms with Gasteiger partial charge in [-0.3, -0.25) is 14.4 Å². The number of halogens is 2. The molecule has 0 aliphatic heterocycles. The second-order valence-electron chi connectivity index (χ2n) is 7.35. The van der Waals surface area contributed by atoms with E-state index in [1.54, 1.807) is 24.3 Å². The highest BCUT2D eigenvalue weighted by Gasteiger charge is 2.30. The Labute approximate surface area is 198 Å². The maximum Gasteiger partial charge on any atom is 0.341 e. The normalized spacial score (nSPS) is 13.1. The van der Waals surface area contributed by atoms with Crippen molar-refractivity contribution in [3.63, 3.8) is 0 Å². The molecule has 3 N–H and O–H groups in total. The molecule has 1 atom stereocenters. The molecule has 4 rings (SSSR count). The second-order valence-corrected chi connectivity index (χ2v) is 8.19. The topological polar surface area (TPSA) is 116 Å². The van der Waals surface area contributed by atoms with Gasteiger partial charge in [0.25, 0.3) is 5.91 Å². The van der Waals surface area contributed by atoms with E-state index in [0.717, 1.165) is 0 Å². The number of nitrogens with one attached hydrogen (secondary N) is 1. The van der Waals surface area contributed by atoms with Crippen LogP contribution in [0.3, 0.4) is 0 Å². The summed E-state index contributed by atoms with van der Waals surface area (Å²) in [5.41, 5.74) is 7.07. The SMILES string of the molecule is CC(OC(=O)c1cc(Cl)cc(Cl)c1N)C(=O)Nc1ccc2c(c1)C(=O)c1ccccc1C2=O. The fourth-order valence-electron chi connectivity index (χ4n) is 3.45. The van der Waals surface area contributed by atoms with Crippen molar-refractivity contribution in [2.24, 2.45) is 0 Å². The van der Waals surface area contributed by atoms with Crippen LogP contribution < -0.4 is 11.1 Å². The van der Waals surface area contributed by atoms with Crippen LogP contribution >= 0.6 is 23.2 Å². The number of carbonyl (C=O) groups is 4. The van der Waals surface area contributed by atoms with Crippen molar-refractivity contribution in [2.75, 3.05) is 11.1 Å². The van der Waals surface area contributed by atoms with Gasteiger partial charge in [-0.2, -0.15) is 0 Å². The summed E-state index contributed by atoms with van der Waals surface area (Å²) in [4.78, 5) is 50.6. The number of esters is 1. The fourth-order valence-corrected chi connectivity index (χ4v) is 3.95. The van der Waals surface area contributed by atoms with Crippen molar-refractivity contribution < 1.29 is 23.9 Å². The molecule has 0 saturated carbocycles. The van der Waals surface area contributed by atoms with Gasteiger partial charge in [0.05, 0.1) is 16.3 Å². The van der Waals surface area contributed by atoms with Crippen LogP contribution in [0.4, 0.5) is 11.4 Å². The molecule has 0 bridgehead atoms. The predicted octanol–water partition coefficient (Wildman–Crippen LogP) is 4.54. The van der Waals surface area contributed by atoms with Gasteiger partial charge in [-0.25, -0.2) is 4.79 Å². The molecule has 3 aromatic rings. The number of rotatable bonds is 4. The third-order valence-corrected chi connectivity index (χ3v) is 5.69. The van der Waals surface area contributed by atoms with Crippen LogP contribution in [0.15, 0.2) is 54.6 Å². The highest BCUT2D eigenvalue weighted by atomic mass is 35.5. The number of nitrogen functional groups attached to an aromatic ring is 1. The summed E-state index contributed by atoms with van der Waals surface area (Å²) < 4.78 is 5.19. The number of amides is 1. The summed E-state index contributed by atoms with van der Waals surface area (Å²) in [6, 6.07) is 13.6. The molecule has 9 heteroatoms. The summed E-state index contributed by atoms with van der Waals surface area (Å²) in [5.74, 6) is -2.10. The van der Waals surface area contributed by atoms with Gasteiger partial charge in [0.1, 0.15) is 0 Å². The molecule has 3 aromatic carbocycles. The zero-order valence-electron chi connectivity index (χ0n) is 17.1. The monoisotopic (exact) mass is 482 g/mol. The van der Waals surface area contributed by atoms with Gasteiger partial charge in [0.15, 0.2) is 17.7 Å². The minimum Gasteiger partial charge on any atom is -0.449 e. The molecular formula is C24H16Cl2N2O5. The Balaban J connectivity index is 1.51. The zero-order chi connectivity index (χ0) is 23.9. The standard InChI is InChI=1S/C24H16Cl2N2O5/c1-11(33-24(32)18-8-12(25)9-19(26)20(18)27)23(31)28-13-6-7-16-17(10-13)22(30)15-5-3-2-4-14(15)21(16)29/h2-11H,27H2,1H3,(H,28,31). The number of ketones is 2. The van der Waals surface area contributed by atoms with Gasteiger partial charge in [-0.15, -0.1) is 0 Å². The molecule has 1 aliphatic carbocycles. The molecule has 1 amide bonds. The van der Waals surface area contributed by atoms with E-state index in [1.807, 2.05) is 0 Å². The molecule has 1 unspecified atom stereocenters. The van der Waals surface area contributed by atoms with E-state index in [2.05, 4.69) is 5.32 Å². The third-order valence-electron chi connectivity index (χ3n) is 5.16. The minimum atomic E-state index is -1.20. The smallest absolute Gasteiger partial charge is 0.341 e. The van der Waals surface area contributed by atoms with Crippen molar-refractivity contribution >= 4 is 58.0 Å². The maximum absolute atomic E-state index is 12.8. The molecule has 1 aliphatic rings. The number of carbonyl (C=O) groups excluding carboxylic acids is 4. The number of anilines is 2. The lowest BCUT2D eigenvalue weighted by atomic mass is 9.84. The molecule has 0 saturated heterocycles. The van der Waals surface area contributed by atoms with E-state index in [4.69, 9.17) is 33.7 Å². The van der Waals surface area contributed by atoms with Gasteiger partial charge in [-0.1, -0.05) is 47.5 Å². The molecule has 0 fully saturated rings. The summed E-state index contributed by atoms with van der Waals surface area (Å²) in [6.07, 6.45) is -1.20. The van der Waals surface area contributed by atoms with Crippen LogP contribution in [0.1, 0.15) is 49.1 Å². The van der Waals surface area contributed by atoms with Crippen LogP contribution in [-0.4, -0.2) is 29.5 Å². The van der Waals surface area contributed by atoms with Gasteiger partial charge >= 0.3 is 5.97 Å². The number of fused-ring (bicyclic) bond motifs is 2. The summed E-state index contributed by atoms with van der Waals surface area (Å²) in [6.45, 7) is 1.37. The van der Waals surface area contributed by atoms with Gasteiger partial charge < -0.3 is 15.8 Å². The molecule has 0 spiro atoms. The summed E-state index contributed by atoms with van der Waals surface area (Å²) in [5, 5.41) is 2.86. The fraction of sp³-hybridized carbons (Fsp3) is 0.0833. The van der Waals surface area contributed by atoms with Crippen molar-refractivity contribution in [1.29, 1.82) is 0 Å². The van der Waals surface area contributed by atoms with E-state index in [9.17, 15) is 19.2 Å². The lowest BCUT2D eigenvalue weighted by Crippen LogP contribution is -2.30. The van der Waals surface area contributed by atoms with E-state index in [-0.39, 0.29) is 49.7 Å². The van der Waals surface area contributed by atoms with Gasteiger partial charge in [0, 0.05) is 33.0 Å². The number of hydrogen-bond donors (Lipinski definition) is 2. The summed E-state index contributed by atoms with van der Waals surface area (Å²) >= 11 is 11.8. The first-order chi connectivity index (χ1) is 15.7. The van der Waals surface area contributed by atoms with Gasteiger partial charge in [-0.05, 0) is 37.3 Å². The lowest BCUT2D eigenvalue weighted by Gasteiger charge is -2.19. The highest BCUT2D eigenvalue weighted by Crippen LogP contribution is 2.30. The molecule has 33 heavy (non-hydrogen) atoms. The molecule has 0 radical (unpaired) electrons. The first-order valence-corrected chi connectivity index (χ1v) is 10.5. The minimum absolute atomic E-state index is 0.0168. The Bertz CT molecular complexity index is 1350. The highest BCUT2D eigenvalue weighted by molar-refractivity contribution is 6.37. The number of ether oxygens (including phenoxy) is 1. The Morgan fingerprint density at radius 1 is 0.909 bits per heavy atom. The quantitative estimate of drug-likeness (QED) is 0.326. The third kappa shape index (κ3) is 4.20. The molecule has 166 valence electrons. The lowest BCUT2D eigenvalue weighted by molar-refractivity contribution is -0.123. The Hall–Kier alpha value is -3.68.